The normalized spacial score (nSPS) is 14.4. The lowest BCUT2D eigenvalue weighted by Gasteiger charge is -2.13. The maximum absolute atomic E-state index is 8.86. The van der Waals surface area contributed by atoms with Crippen LogP contribution in [0.5, 0.6) is 0 Å². The summed E-state index contributed by atoms with van der Waals surface area (Å²) in [5.74, 6) is -0.744. The van der Waals surface area contributed by atoms with Crippen molar-refractivity contribution in [2.24, 2.45) is 0 Å². The molecule has 0 bridgehead atoms. The molecule has 0 aliphatic heterocycles. The van der Waals surface area contributed by atoms with Crippen LogP contribution in [0.2, 0.25) is 0 Å². The number of nitrogens with zero attached hydrogens (tertiary/aromatic N) is 5. The molecular weight excluding hydrogens is 611 g/mol. The molecule has 0 atom stereocenters. The Balaban J connectivity index is 1.36. The molecule has 0 saturated heterocycles. The van der Waals surface area contributed by atoms with Crippen molar-refractivity contribution in [1.29, 1.82) is 0 Å². The molecule has 7 aromatic carbocycles. The fraction of sp³-hybridized carbons (Fsp3) is 0. The van der Waals surface area contributed by atoms with Crippen LogP contribution in [0.3, 0.4) is 0 Å². The summed E-state index contributed by atoms with van der Waals surface area (Å²) < 4.78 is 89.7. The van der Waals surface area contributed by atoms with Gasteiger partial charge in [0.1, 0.15) is 0 Å². The monoisotopic (exact) mass is 649 g/mol. The van der Waals surface area contributed by atoms with E-state index in [0.29, 0.717) is 11.0 Å². The number of hydrogen-bond acceptors (Lipinski definition) is 3. The third kappa shape index (κ3) is 4.45. The van der Waals surface area contributed by atoms with Gasteiger partial charge in [-0.25, -0.2) is 4.98 Å². The van der Waals surface area contributed by atoms with Gasteiger partial charge in [-0.15, -0.1) is 0 Å². The summed E-state index contributed by atoms with van der Waals surface area (Å²) in [6, 6.07) is 32.2. The second-order valence-corrected chi connectivity index (χ2v) is 11.8. The smallest absolute Gasteiger partial charge is 0.238 e. The minimum absolute atomic E-state index is 0.0662. The van der Waals surface area contributed by atoms with E-state index in [9.17, 15) is 0 Å². The molecule has 234 valence electrons. The molecule has 0 radical (unpaired) electrons. The van der Waals surface area contributed by atoms with Crippen molar-refractivity contribution >= 4 is 43.6 Å². The van der Waals surface area contributed by atoms with Crippen molar-refractivity contribution in [2.75, 3.05) is 0 Å². The number of para-hydroxylation sites is 2. The summed E-state index contributed by atoms with van der Waals surface area (Å²) in [5.41, 5.74) is 5.38. The van der Waals surface area contributed by atoms with Crippen LogP contribution >= 0.6 is 0 Å². The highest BCUT2D eigenvalue weighted by Gasteiger charge is 2.23. The van der Waals surface area contributed by atoms with E-state index in [1.807, 2.05) is 60.7 Å². The fourth-order valence-electron chi connectivity index (χ4n) is 6.82. The maximum Gasteiger partial charge on any atom is 0.238 e. The second kappa shape index (κ2) is 11.4. The maximum atomic E-state index is 8.86. The Kier molecular flexibility index (Phi) is 4.52. The zero-order chi connectivity index (χ0) is 41.7. The average molecular weight is 650 g/mol. The molecule has 3 aromatic heterocycles. The first kappa shape index (κ1) is 19.8. The molecule has 0 aliphatic carbocycles. The van der Waals surface area contributed by atoms with Gasteiger partial charge >= 0.3 is 0 Å². The van der Waals surface area contributed by atoms with Gasteiger partial charge < -0.3 is 4.57 Å². The summed E-state index contributed by atoms with van der Waals surface area (Å²) in [6.07, 6.45) is 0. The van der Waals surface area contributed by atoms with E-state index in [1.54, 1.807) is 4.57 Å². The van der Waals surface area contributed by atoms with E-state index in [4.69, 9.17) is 23.7 Å². The van der Waals surface area contributed by atoms with Gasteiger partial charge in [0.15, 0.2) is 11.6 Å². The van der Waals surface area contributed by atoms with E-state index in [0.717, 1.165) is 49.4 Å². The molecule has 0 unspecified atom stereocenters. The third-order valence-electron chi connectivity index (χ3n) is 8.97. The van der Waals surface area contributed by atoms with Crippen LogP contribution in [-0.2, 0) is 0 Å². The fourth-order valence-corrected chi connectivity index (χ4v) is 6.82. The molecule has 0 saturated carbocycles. The Bertz CT molecular complexity index is 3290. The van der Waals surface area contributed by atoms with Crippen LogP contribution in [0.1, 0.15) is 13.7 Å². The number of rotatable bonds is 5. The Morgan fingerprint density at radius 2 is 0.860 bits per heavy atom. The van der Waals surface area contributed by atoms with Gasteiger partial charge in [0, 0.05) is 38.4 Å². The molecule has 5 heteroatoms. The van der Waals surface area contributed by atoms with Crippen LogP contribution < -0.4 is 0 Å². The lowest BCUT2D eigenvalue weighted by Crippen LogP contribution is -2.07. The lowest BCUT2D eigenvalue weighted by atomic mass is 10.1. The van der Waals surface area contributed by atoms with E-state index in [1.165, 1.54) is 0 Å². The quantitative estimate of drug-likeness (QED) is 0.186. The average Bonchev–Trinajstić information content (AvgIpc) is 3.80. The van der Waals surface area contributed by atoms with Crippen molar-refractivity contribution in [3.8, 4) is 45.5 Å². The minimum atomic E-state index is -0.612. The summed E-state index contributed by atoms with van der Waals surface area (Å²) in [6.45, 7) is 0. The predicted octanol–water partition coefficient (Wildman–Crippen LogP) is 11.1. The minimum Gasteiger partial charge on any atom is -0.307 e. The number of benzene rings is 7. The molecule has 0 amide bonds. The van der Waals surface area contributed by atoms with Gasteiger partial charge in [-0.05, 0) is 35.4 Å². The first-order valence-corrected chi connectivity index (χ1v) is 16.0. The van der Waals surface area contributed by atoms with Crippen LogP contribution in [0.15, 0.2) is 176 Å². The highest BCUT2D eigenvalue weighted by molar-refractivity contribution is 6.23. The standard InChI is InChI=1S/C45H29N5/c1-4-14-30(15-5-1)31-24-26-34(27-25-31)49-39-22-12-10-20-35(39)37-28-29-38-36-21-11-13-23-40(36)50(42(38)41(37)49)45-47-43(32-16-6-2-7-17-32)46-44(48-45)33-18-8-3-9-19-33/h1-29H/i2D,3D,6D,7D,8D,9D,16D,17D,18D,19D. The first-order valence-electron chi connectivity index (χ1n) is 21.0. The molecule has 10 rings (SSSR count). The topological polar surface area (TPSA) is 48.5 Å². The Morgan fingerprint density at radius 1 is 0.380 bits per heavy atom. The van der Waals surface area contributed by atoms with Crippen molar-refractivity contribution in [1.82, 2.24) is 24.1 Å². The van der Waals surface area contributed by atoms with Gasteiger partial charge in [0.05, 0.1) is 35.8 Å². The van der Waals surface area contributed by atoms with Crippen LogP contribution in [0, 0.1) is 0 Å². The zero-order valence-corrected chi connectivity index (χ0v) is 26.2. The van der Waals surface area contributed by atoms with E-state index in [2.05, 4.69) is 64.1 Å². The second-order valence-electron chi connectivity index (χ2n) is 11.8. The molecular formula is C45H29N5. The van der Waals surface area contributed by atoms with Crippen molar-refractivity contribution < 1.29 is 13.7 Å². The van der Waals surface area contributed by atoms with Crippen LogP contribution in [0.4, 0.5) is 0 Å². The van der Waals surface area contributed by atoms with Crippen molar-refractivity contribution in [2.45, 2.75) is 0 Å². The van der Waals surface area contributed by atoms with Crippen LogP contribution in [-0.4, -0.2) is 24.1 Å². The largest absolute Gasteiger partial charge is 0.307 e. The zero-order valence-electron chi connectivity index (χ0n) is 36.2. The summed E-state index contributed by atoms with van der Waals surface area (Å²) in [4.78, 5) is 14.2. The SMILES string of the molecule is [2H]c1c([2H])c([2H])c(-c2nc(-c3c([2H])c([2H])c([2H])c([2H])c3[2H])nc(-n3c4ccccc4c4ccc5c6ccccc6n(-c6ccc(-c7ccccc7)cc6)c5c43)n2)c([2H])c1[2H]. The van der Waals surface area contributed by atoms with Crippen molar-refractivity contribution in [3.63, 3.8) is 0 Å². The summed E-state index contributed by atoms with van der Waals surface area (Å²) in [7, 11) is 0. The summed E-state index contributed by atoms with van der Waals surface area (Å²) in [5, 5.41) is 3.56. The van der Waals surface area contributed by atoms with E-state index >= 15 is 0 Å². The molecule has 0 spiro atoms. The number of fused-ring (bicyclic) bond motifs is 7. The molecule has 0 N–H and O–H groups in total. The van der Waals surface area contributed by atoms with Gasteiger partial charge in [0.2, 0.25) is 5.95 Å². The molecule has 3 heterocycles. The highest BCUT2D eigenvalue weighted by Crippen LogP contribution is 2.41. The Labute approximate surface area is 302 Å². The number of aromatic nitrogens is 5. The van der Waals surface area contributed by atoms with Crippen molar-refractivity contribution in [3.05, 3.63) is 176 Å². The Hall–Kier alpha value is -6.85. The van der Waals surface area contributed by atoms with E-state index < -0.39 is 60.4 Å². The van der Waals surface area contributed by atoms with Gasteiger partial charge in [-0.3, -0.25) is 4.57 Å². The molecule has 0 aliphatic rings. The molecule has 5 nitrogen and oxygen atoms in total. The van der Waals surface area contributed by atoms with E-state index in [-0.39, 0.29) is 28.7 Å². The number of hydrogen-bond donors (Lipinski definition) is 0. The predicted molar refractivity (Wildman–Crippen MR) is 205 cm³/mol. The third-order valence-corrected chi connectivity index (χ3v) is 8.97. The first-order chi connectivity index (χ1) is 29.0. The van der Waals surface area contributed by atoms with Gasteiger partial charge in [-0.2, -0.15) is 9.97 Å². The molecule has 0 fully saturated rings. The summed E-state index contributed by atoms with van der Waals surface area (Å²) >= 11 is 0. The molecule has 10 aromatic rings. The highest BCUT2D eigenvalue weighted by atomic mass is 15.2. The van der Waals surface area contributed by atoms with Crippen LogP contribution in [0.25, 0.3) is 89.2 Å². The van der Waals surface area contributed by atoms with Gasteiger partial charge in [-0.1, -0.05) is 151 Å². The van der Waals surface area contributed by atoms with Gasteiger partial charge in [0.25, 0.3) is 0 Å². The molecule has 50 heavy (non-hydrogen) atoms. The lowest BCUT2D eigenvalue weighted by molar-refractivity contribution is 0.953. The Morgan fingerprint density at radius 3 is 1.44 bits per heavy atom.